The molecule has 0 aromatic heterocycles. The van der Waals surface area contributed by atoms with Crippen LogP contribution in [-0.2, 0) is 6.54 Å². The van der Waals surface area contributed by atoms with Crippen LogP contribution >= 0.6 is 0 Å². The van der Waals surface area contributed by atoms with Crippen molar-refractivity contribution in [1.29, 1.82) is 0 Å². The lowest BCUT2D eigenvalue weighted by Gasteiger charge is -2.29. The van der Waals surface area contributed by atoms with E-state index in [-0.39, 0.29) is 0 Å². The van der Waals surface area contributed by atoms with Crippen LogP contribution in [0.1, 0.15) is 17.2 Å². The Hall–Kier alpha value is -1.84. The molecule has 2 saturated heterocycles. The van der Waals surface area contributed by atoms with Gasteiger partial charge in [-0.1, -0.05) is 42.5 Å². The van der Waals surface area contributed by atoms with Crippen molar-refractivity contribution in [1.82, 2.24) is 9.80 Å². The lowest BCUT2D eigenvalue weighted by Crippen LogP contribution is -2.29. The van der Waals surface area contributed by atoms with Crippen molar-refractivity contribution < 1.29 is 4.74 Å². The second-order valence-electron chi connectivity index (χ2n) is 7.28. The number of hydrogen-bond acceptors (Lipinski definition) is 3. The fourth-order valence-corrected chi connectivity index (χ4v) is 4.60. The van der Waals surface area contributed by atoms with Gasteiger partial charge in [0.1, 0.15) is 5.75 Å². The molecule has 2 aromatic carbocycles. The smallest absolute Gasteiger partial charge is 0.118 e. The fraction of sp³-hybridized carbons (Fsp3) is 0.429. The predicted molar refractivity (Wildman–Crippen MR) is 97.1 cm³/mol. The van der Waals surface area contributed by atoms with Gasteiger partial charge in [-0.05, 0) is 42.1 Å². The van der Waals surface area contributed by atoms with Crippen LogP contribution in [0, 0.1) is 11.8 Å². The Morgan fingerprint density at radius 3 is 2.42 bits per heavy atom. The summed E-state index contributed by atoms with van der Waals surface area (Å²) < 4.78 is 5.34. The SMILES string of the molecule is COc1ccc([C@@H]2[C@H]3CN(C)C[C@H]3CN2Cc2ccccc2)cc1. The highest BCUT2D eigenvalue weighted by atomic mass is 16.5. The molecule has 2 aliphatic heterocycles. The molecule has 0 amide bonds. The Kier molecular flexibility index (Phi) is 4.30. The molecule has 0 radical (unpaired) electrons. The summed E-state index contributed by atoms with van der Waals surface area (Å²) >= 11 is 0. The van der Waals surface area contributed by atoms with Crippen LogP contribution in [0.3, 0.4) is 0 Å². The van der Waals surface area contributed by atoms with Crippen molar-refractivity contribution >= 4 is 0 Å². The van der Waals surface area contributed by atoms with Gasteiger partial charge in [0.2, 0.25) is 0 Å². The summed E-state index contributed by atoms with van der Waals surface area (Å²) in [5.41, 5.74) is 2.83. The van der Waals surface area contributed by atoms with Gasteiger partial charge < -0.3 is 9.64 Å². The molecule has 0 unspecified atom stereocenters. The third-order valence-electron chi connectivity index (χ3n) is 5.63. The van der Waals surface area contributed by atoms with Gasteiger partial charge in [-0.25, -0.2) is 0 Å². The van der Waals surface area contributed by atoms with Gasteiger partial charge in [-0.15, -0.1) is 0 Å². The molecule has 2 aromatic rings. The zero-order chi connectivity index (χ0) is 16.5. The molecular weight excluding hydrogens is 296 g/mol. The summed E-state index contributed by atoms with van der Waals surface area (Å²) in [6, 6.07) is 20.1. The first-order valence-electron chi connectivity index (χ1n) is 8.85. The number of nitrogens with zero attached hydrogens (tertiary/aromatic N) is 2. The molecule has 2 fully saturated rings. The topological polar surface area (TPSA) is 15.7 Å². The molecule has 24 heavy (non-hydrogen) atoms. The second-order valence-corrected chi connectivity index (χ2v) is 7.28. The van der Waals surface area contributed by atoms with Gasteiger partial charge in [0.15, 0.2) is 0 Å². The maximum atomic E-state index is 5.34. The molecule has 0 N–H and O–H groups in total. The predicted octanol–water partition coefficient (Wildman–Crippen LogP) is 3.43. The highest BCUT2D eigenvalue weighted by Crippen LogP contribution is 2.45. The van der Waals surface area contributed by atoms with E-state index in [2.05, 4.69) is 71.4 Å². The van der Waals surface area contributed by atoms with Crippen molar-refractivity contribution in [3.05, 3.63) is 65.7 Å². The van der Waals surface area contributed by atoms with E-state index < -0.39 is 0 Å². The number of benzene rings is 2. The number of rotatable bonds is 4. The minimum atomic E-state index is 0.506. The van der Waals surface area contributed by atoms with E-state index in [1.807, 2.05) is 0 Å². The third-order valence-corrected chi connectivity index (χ3v) is 5.63. The van der Waals surface area contributed by atoms with E-state index in [4.69, 9.17) is 4.74 Å². The standard InChI is InChI=1S/C21H26N2O/c1-22-13-18-14-23(12-16-6-4-3-5-7-16)21(20(18)15-22)17-8-10-19(24-2)11-9-17/h3-11,18,20-21H,12-15H2,1-2H3/t18-,20-,21+/m0/s1. The van der Waals surface area contributed by atoms with Gasteiger partial charge in [0.05, 0.1) is 7.11 Å². The van der Waals surface area contributed by atoms with E-state index in [0.29, 0.717) is 6.04 Å². The van der Waals surface area contributed by atoms with Gasteiger partial charge >= 0.3 is 0 Å². The summed E-state index contributed by atoms with van der Waals surface area (Å²) in [7, 11) is 3.99. The highest BCUT2D eigenvalue weighted by Gasteiger charge is 2.46. The average Bonchev–Trinajstić information content (AvgIpc) is 3.11. The minimum Gasteiger partial charge on any atom is -0.497 e. The molecule has 0 saturated carbocycles. The first-order chi connectivity index (χ1) is 11.7. The summed E-state index contributed by atoms with van der Waals surface area (Å²) in [5, 5.41) is 0. The van der Waals surface area contributed by atoms with Crippen molar-refractivity contribution in [3.8, 4) is 5.75 Å². The van der Waals surface area contributed by atoms with E-state index in [0.717, 1.165) is 24.1 Å². The molecule has 126 valence electrons. The van der Waals surface area contributed by atoms with Crippen molar-refractivity contribution in [2.24, 2.45) is 11.8 Å². The van der Waals surface area contributed by atoms with E-state index in [9.17, 15) is 0 Å². The zero-order valence-electron chi connectivity index (χ0n) is 14.6. The van der Waals surface area contributed by atoms with Crippen LogP contribution in [0.15, 0.2) is 54.6 Å². The Labute approximate surface area is 144 Å². The van der Waals surface area contributed by atoms with E-state index in [1.54, 1.807) is 7.11 Å². The number of ether oxygens (including phenoxy) is 1. The van der Waals surface area contributed by atoms with Crippen molar-refractivity contribution in [3.63, 3.8) is 0 Å². The van der Waals surface area contributed by atoms with Crippen molar-refractivity contribution in [2.75, 3.05) is 33.8 Å². The number of likely N-dealkylation sites (tertiary alicyclic amines) is 2. The monoisotopic (exact) mass is 322 g/mol. The first-order valence-corrected chi connectivity index (χ1v) is 8.85. The minimum absolute atomic E-state index is 0.506. The van der Waals surface area contributed by atoms with Crippen LogP contribution < -0.4 is 4.74 Å². The zero-order valence-corrected chi connectivity index (χ0v) is 14.6. The Bertz CT molecular complexity index is 670. The molecule has 0 bridgehead atoms. The van der Waals surface area contributed by atoms with Gasteiger partial charge in [-0.3, -0.25) is 4.90 Å². The van der Waals surface area contributed by atoms with Crippen LogP contribution in [0.25, 0.3) is 0 Å². The lowest BCUT2D eigenvalue weighted by molar-refractivity contribution is 0.199. The number of fused-ring (bicyclic) bond motifs is 1. The van der Waals surface area contributed by atoms with Gasteiger partial charge in [0, 0.05) is 32.2 Å². The summed E-state index contributed by atoms with van der Waals surface area (Å²) in [4.78, 5) is 5.17. The van der Waals surface area contributed by atoms with Crippen LogP contribution in [-0.4, -0.2) is 43.6 Å². The first kappa shape index (κ1) is 15.7. The molecular formula is C21H26N2O. The molecule has 0 spiro atoms. The largest absolute Gasteiger partial charge is 0.497 e. The Balaban J connectivity index is 1.62. The van der Waals surface area contributed by atoms with Gasteiger partial charge in [-0.2, -0.15) is 0 Å². The average molecular weight is 322 g/mol. The van der Waals surface area contributed by atoms with Crippen LogP contribution in [0.4, 0.5) is 0 Å². The van der Waals surface area contributed by atoms with E-state index >= 15 is 0 Å². The van der Waals surface area contributed by atoms with Gasteiger partial charge in [0.25, 0.3) is 0 Å². The maximum absolute atomic E-state index is 5.34. The molecule has 0 aliphatic carbocycles. The number of methoxy groups -OCH3 is 1. The van der Waals surface area contributed by atoms with E-state index in [1.165, 1.54) is 30.8 Å². The number of hydrogen-bond donors (Lipinski definition) is 0. The molecule has 4 rings (SSSR count). The normalized spacial score (nSPS) is 27.3. The third kappa shape index (κ3) is 2.94. The quantitative estimate of drug-likeness (QED) is 0.858. The fourth-order valence-electron chi connectivity index (χ4n) is 4.60. The molecule has 3 nitrogen and oxygen atoms in total. The maximum Gasteiger partial charge on any atom is 0.118 e. The molecule has 3 heteroatoms. The lowest BCUT2D eigenvalue weighted by atomic mass is 9.89. The summed E-state index contributed by atoms with van der Waals surface area (Å²) in [6.07, 6.45) is 0. The molecule has 2 heterocycles. The second kappa shape index (κ2) is 6.58. The van der Waals surface area contributed by atoms with Crippen LogP contribution in [0.2, 0.25) is 0 Å². The molecule has 2 aliphatic rings. The Morgan fingerprint density at radius 2 is 1.71 bits per heavy atom. The summed E-state index contributed by atoms with van der Waals surface area (Å²) in [5.74, 6) is 2.45. The highest BCUT2D eigenvalue weighted by molar-refractivity contribution is 5.31. The Morgan fingerprint density at radius 1 is 0.958 bits per heavy atom. The summed E-state index contributed by atoms with van der Waals surface area (Å²) in [6.45, 7) is 4.66. The van der Waals surface area contributed by atoms with Crippen LogP contribution in [0.5, 0.6) is 5.75 Å². The molecule has 3 atom stereocenters. The van der Waals surface area contributed by atoms with Crippen molar-refractivity contribution in [2.45, 2.75) is 12.6 Å².